The molecule has 0 bridgehead atoms. The van der Waals surface area contributed by atoms with E-state index in [2.05, 4.69) is 24.1 Å². The minimum Gasteiger partial charge on any atom is -0.395 e. The van der Waals surface area contributed by atoms with E-state index in [0.717, 1.165) is 45.7 Å². The van der Waals surface area contributed by atoms with Crippen molar-refractivity contribution in [2.45, 2.75) is 32.7 Å². The molecule has 4 nitrogen and oxygen atoms in total. The van der Waals surface area contributed by atoms with Crippen LogP contribution in [-0.4, -0.2) is 62.6 Å². The van der Waals surface area contributed by atoms with E-state index in [1.165, 1.54) is 0 Å². The van der Waals surface area contributed by atoms with E-state index in [9.17, 15) is 0 Å². The van der Waals surface area contributed by atoms with Crippen LogP contribution in [0.2, 0.25) is 0 Å². The Labute approximate surface area is 105 Å². The van der Waals surface area contributed by atoms with E-state index in [1.807, 2.05) is 7.05 Å². The fraction of sp³-hybridized carbons (Fsp3) is 1.00. The van der Waals surface area contributed by atoms with Gasteiger partial charge in [-0.1, -0.05) is 0 Å². The Kier molecular flexibility index (Phi) is 6.41. The number of aliphatic hydroxyl groups is 1. The lowest BCUT2D eigenvalue weighted by molar-refractivity contribution is -0.0112. The molecule has 0 atom stereocenters. The van der Waals surface area contributed by atoms with Crippen LogP contribution in [0.4, 0.5) is 0 Å². The summed E-state index contributed by atoms with van der Waals surface area (Å²) in [6.45, 7) is 9.22. The van der Waals surface area contributed by atoms with Crippen molar-refractivity contribution in [3.8, 4) is 0 Å². The van der Waals surface area contributed by atoms with Crippen molar-refractivity contribution in [1.82, 2.24) is 10.2 Å². The monoisotopic (exact) mass is 244 g/mol. The quantitative estimate of drug-likeness (QED) is 0.692. The summed E-state index contributed by atoms with van der Waals surface area (Å²) >= 11 is 0. The second kappa shape index (κ2) is 7.31. The highest BCUT2D eigenvalue weighted by Crippen LogP contribution is 2.31. The highest BCUT2D eigenvalue weighted by atomic mass is 16.5. The van der Waals surface area contributed by atoms with Gasteiger partial charge < -0.3 is 15.2 Å². The zero-order valence-electron chi connectivity index (χ0n) is 11.5. The van der Waals surface area contributed by atoms with Gasteiger partial charge in [0.2, 0.25) is 0 Å². The Balaban J connectivity index is 2.62. The van der Waals surface area contributed by atoms with Gasteiger partial charge in [-0.25, -0.2) is 0 Å². The summed E-state index contributed by atoms with van der Waals surface area (Å²) in [6.07, 6.45) is 2.23. The number of hydrogen-bond donors (Lipinski definition) is 2. The van der Waals surface area contributed by atoms with Crippen molar-refractivity contribution in [2.24, 2.45) is 5.41 Å². The summed E-state index contributed by atoms with van der Waals surface area (Å²) in [5.41, 5.74) is 0.312. The minimum absolute atomic E-state index is 0.240. The van der Waals surface area contributed by atoms with Crippen molar-refractivity contribution in [3.05, 3.63) is 0 Å². The van der Waals surface area contributed by atoms with Crippen LogP contribution in [0.5, 0.6) is 0 Å². The summed E-state index contributed by atoms with van der Waals surface area (Å²) in [6, 6.07) is 0.485. The number of rotatable bonds is 7. The number of nitrogens with zero attached hydrogens (tertiary/aromatic N) is 1. The lowest BCUT2D eigenvalue weighted by Crippen LogP contribution is -2.49. The molecule has 0 aliphatic carbocycles. The normalized spacial score (nSPS) is 20.1. The maximum absolute atomic E-state index is 9.15. The van der Waals surface area contributed by atoms with E-state index in [-0.39, 0.29) is 6.61 Å². The zero-order chi connectivity index (χ0) is 12.7. The van der Waals surface area contributed by atoms with E-state index >= 15 is 0 Å². The Morgan fingerprint density at radius 2 is 2.00 bits per heavy atom. The number of hydrogen-bond acceptors (Lipinski definition) is 4. The molecule has 1 heterocycles. The molecule has 102 valence electrons. The maximum atomic E-state index is 9.15. The third-order valence-corrected chi connectivity index (χ3v) is 3.76. The molecule has 0 amide bonds. The molecular weight excluding hydrogens is 216 g/mol. The first-order chi connectivity index (χ1) is 8.13. The third-order valence-electron chi connectivity index (χ3n) is 3.76. The predicted molar refractivity (Wildman–Crippen MR) is 70.2 cm³/mol. The van der Waals surface area contributed by atoms with Gasteiger partial charge in [0.05, 0.1) is 6.61 Å². The fourth-order valence-corrected chi connectivity index (χ4v) is 2.65. The number of aliphatic hydroxyl groups excluding tert-OH is 1. The lowest BCUT2D eigenvalue weighted by atomic mass is 9.79. The molecule has 0 aromatic heterocycles. The SMILES string of the molecule is CNCC1(CN(CCO)C(C)C)CCOCC1. The Hall–Kier alpha value is -0.160. The van der Waals surface area contributed by atoms with E-state index in [4.69, 9.17) is 9.84 Å². The second-order valence-electron chi connectivity index (χ2n) is 5.43. The second-order valence-corrected chi connectivity index (χ2v) is 5.43. The maximum Gasteiger partial charge on any atom is 0.0558 e. The lowest BCUT2D eigenvalue weighted by Gasteiger charge is -2.42. The van der Waals surface area contributed by atoms with E-state index < -0.39 is 0 Å². The standard InChI is InChI=1S/C13H28N2O2/c1-12(2)15(6-7-16)11-13(10-14-3)4-8-17-9-5-13/h12,14,16H,4-11H2,1-3H3. The highest BCUT2D eigenvalue weighted by Gasteiger charge is 2.34. The van der Waals surface area contributed by atoms with Crippen molar-refractivity contribution in [1.29, 1.82) is 0 Å². The molecule has 0 spiro atoms. The summed E-state index contributed by atoms with van der Waals surface area (Å²) < 4.78 is 5.48. The van der Waals surface area contributed by atoms with E-state index in [1.54, 1.807) is 0 Å². The van der Waals surface area contributed by atoms with Gasteiger partial charge >= 0.3 is 0 Å². The average Bonchev–Trinajstić information content (AvgIpc) is 2.30. The third kappa shape index (κ3) is 4.54. The van der Waals surface area contributed by atoms with Crippen molar-refractivity contribution >= 4 is 0 Å². The molecule has 1 aliphatic rings. The van der Waals surface area contributed by atoms with Gasteiger partial charge in [0.15, 0.2) is 0 Å². The molecule has 0 saturated carbocycles. The first kappa shape index (κ1) is 14.9. The van der Waals surface area contributed by atoms with Gasteiger partial charge in [-0.2, -0.15) is 0 Å². The molecule has 1 rings (SSSR count). The Morgan fingerprint density at radius 3 is 2.47 bits per heavy atom. The van der Waals surface area contributed by atoms with Gasteiger partial charge in [0.1, 0.15) is 0 Å². The molecule has 2 N–H and O–H groups in total. The van der Waals surface area contributed by atoms with Gasteiger partial charge in [-0.05, 0) is 39.2 Å². The summed E-state index contributed by atoms with van der Waals surface area (Å²) in [4.78, 5) is 2.38. The predicted octanol–water partition coefficient (Wildman–Crippen LogP) is 0.705. The van der Waals surface area contributed by atoms with Crippen molar-refractivity contribution in [2.75, 3.05) is 46.5 Å². The molecule has 17 heavy (non-hydrogen) atoms. The summed E-state index contributed by atoms with van der Waals surface area (Å²) in [5.74, 6) is 0. The zero-order valence-corrected chi connectivity index (χ0v) is 11.5. The van der Waals surface area contributed by atoms with Gasteiger partial charge in [0, 0.05) is 38.9 Å². The van der Waals surface area contributed by atoms with E-state index in [0.29, 0.717) is 11.5 Å². The molecule has 0 radical (unpaired) electrons. The summed E-state index contributed by atoms with van der Waals surface area (Å²) in [7, 11) is 2.02. The Bertz CT molecular complexity index is 198. The van der Waals surface area contributed by atoms with Crippen LogP contribution in [0.1, 0.15) is 26.7 Å². The Morgan fingerprint density at radius 1 is 1.35 bits per heavy atom. The van der Waals surface area contributed by atoms with Crippen LogP contribution in [0.3, 0.4) is 0 Å². The van der Waals surface area contributed by atoms with Crippen LogP contribution in [0.15, 0.2) is 0 Å². The molecule has 0 aromatic carbocycles. The topological polar surface area (TPSA) is 44.7 Å². The minimum atomic E-state index is 0.240. The van der Waals surface area contributed by atoms with Crippen LogP contribution in [0, 0.1) is 5.41 Å². The largest absolute Gasteiger partial charge is 0.395 e. The summed E-state index contributed by atoms with van der Waals surface area (Å²) in [5, 5.41) is 12.5. The van der Waals surface area contributed by atoms with Gasteiger partial charge in [-0.3, -0.25) is 4.90 Å². The number of ether oxygens (including phenoxy) is 1. The molecule has 0 unspecified atom stereocenters. The van der Waals surface area contributed by atoms with Crippen LogP contribution >= 0.6 is 0 Å². The van der Waals surface area contributed by atoms with Crippen LogP contribution < -0.4 is 5.32 Å². The molecule has 0 aromatic rings. The van der Waals surface area contributed by atoms with Crippen molar-refractivity contribution in [3.63, 3.8) is 0 Å². The average molecular weight is 244 g/mol. The molecule has 1 fully saturated rings. The number of nitrogens with one attached hydrogen (secondary N) is 1. The van der Waals surface area contributed by atoms with Crippen LogP contribution in [0.25, 0.3) is 0 Å². The molecule has 1 saturated heterocycles. The fourth-order valence-electron chi connectivity index (χ4n) is 2.65. The molecule has 4 heteroatoms. The van der Waals surface area contributed by atoms with Crippen LogP contribution in [-0.2, 0) is 4.74 Å². The first-order valence-corrected chi connectivity index (χ1v) is 6.71. The highest BCUT2D eigenvalue weighted by molar-refractivity contribution is 4.87. The first-order valence-electron chi connectivity index (χ1n) is 6.71. The molecule has 1 aliphatic heterocycles. The van der Waals surface area contributed by atoms with Crippen molar-refractivity contribution < 1.29 is 9.84 Å². The van der Waals surface area contributed by atoms with Gasteiger partial charge in [0.25, 0.3) is 0 Å². The van der Waals surface area contributed by atoms with Gasteiger partial charge in [-0.15, -0.1) is 0 Å². The smallest absolute Gasteiger partial charge is 0.0558 e. The molecular formula is C13H28N2O2.